The van der Waals surface area contributed by atoms with Crippen LogP contribution in [-0.2, 0) is 19.0 Å². The average Bonchev–Trinajstić information content (AvgIpc) is 2.72. The number of hydrogen-bond acceptors (Lipinski definition) is 2. The van der Waals surface area contributed by atoms with Crippen molar-refractivity contribution in [2.24, 2.45) is 7.05 Å². The van der Waals surface area contributed by atoms with E-state index in [0.29, 0.717) is 0 Å². The average molecular weight is 292 g/mol. The number of aromatic nitrogens is 2. The highest BCUT2D eigenvalue weighted by molar-refractivity contribution is 6.31. The minimum Gasteiger partial charge on any atom is -0.381 e. The summed E-state index contributed by atoms with van der Waals surface area (Å²) in [5.41, 5.74) is 4.55. The molecule has 4 heteroatoms. The minimum atomic E-state index is 0.0433. The van der Waals surface area contributed by atoms with Gasteiger partial charge >= 0.3 is 0 Å². The fraction of sp³-hybridized carbons (Fsp3) is 0.438. The summed E-state index contributed by atoms with van der Waals surface area (Å²) < 4.78 is 1.88. The Morgan fingerprint density at radius 3 is 2.65 bits per heavy atom. The van der Waals surface area contributed by atoms with Gasteiger partial charge in [-0.15, -0.1) is 0 Å². The summed E-state index contributed by atoms with van der Waals surface area (Å²) in [7, 11) is 1.96. The number of halogens is 1. The van der Waals surface area contributed by atoms with E-state index >= 15 is 0 Å². The van der Waals surface area contributed by atoms with E-state index in [1.807, 2.05) is 36.9 Å². The van der Waals surface area contributed by atoms with Crippen molar-refractivity contribution in [1.29, 1.82) is 0 Å². The lowest BCUT2D eigenvalue weighted by Crippen LogP contribution is -2.16. The Morgan fingerprint density at radius 1 is 1.30 bits per heavy atom. The largest absolute Gasteiger partial charge is 0.381 e. The second-order valence-corrected chi connectivity index (χ2v) is 6.60. The third kappa shape index (κ3) is 3.15. The zero-order chi connectivity index (χ0) is 14.9. The molecule has 0 amide bonds. The van der Waals surface area contributed by atoms with Crippen molar-refractivity contribution in [3.8, 4) is 0 Å². The van der Waals surface area contributed by atoms with E-state index in [1.54, 1.807) is 0 Å². The van der Waals surface area contributed by atoms with Gasteiger partial charge in [0.05, 0.1) is 5.69 Å². The van der Waals surface area contributed by atoms with E-state index in [4.69, 9.17) is 11.6 Å². The summed E-state index contributed by atoms with van der Waals surface area (Å²) in [6.07, 6.45) is 2.08. The molecular weight excluding hydrogens is 270 g/mol. The Balaban J connectivity index is 2.21. The molecule has 2 aromatic rings. The van der Waals surface area contributed by atoms with Crippen LogP contribution >= 0.6 is 11.6 Å². The number of hydrogen-bond donors (Lipinski definition) is 1. The molecule has 0 fully saturated rings. The van der Waals surface area contributed by atoms with Crippen LogP contribution in [0.15, 0.2) is 24.4 Å². The second kappa shape index (κ2) is 5.49. The van der Waals surface area contributed by atoms with Crippen LogP contribution in [0.3, 0.4) is 0 Å². The molecule has 2 rings (SSSR count). The van der Waals surface area contributed by atoms with Gasteiger partial charge < -0.3 is 5.32 Å². The van der Waals surface area contributed by atoms with E-state index in [0.717, 1.165) is 28.5 Å². The summed E-state index contributed by atoms with van der Waals surface area (Å²) in [6, 6.07) is 5.92. The van der Waals surface area contributed by atoms with Gasteiger partial charge in [0.2, 0.25) is 0 Å². The Morgan fingerprint density at radius 2 is 2.00 bits per heavy atom. The molecule has 0 bridgehead atoms. The molecule has 0 spiro atoms. The first-order chi connectivity index (χ1) is 9.29. The molecule has 1 aromatic heterocycles. The van der Waals surface area contributed by atoms with Gasteiger partial charge in [0.15, 0.2) is 0 Å². The standard InChI is InChI=1S/C16H22ClN3/c1-11-13(17)7-6-8-14(11)18-9-12-10-20(5)19-15(12)16(2,3)4/h6-8,10,18H,9H2,1-5H3. The van der Waals surface area contributed by atoms with Crippen LogP contribution in [0.5, 0.6) is 0 Å². The molecule has 3 nitrogen and oxygen atoms in total. The van der Waals surface area contributed by atoms with Crippen molar-refractivity contribution < 1.29 is 0 Å². The maximum atomic E-state index is 6.15. The fourth-order valence-electron chi connectivity index (χ4n) is 2.29. The fourth-order valence-corrected chi connectivity index (χ4v) is 2.46. The highest BCUT2D eigenvalue weighted by atomic mass is 35.5. The summed E-state index contributed by atoms with van der Waals surface area (Å²) in [5.74, 6) is 0. The van der Waals surface area contributed by atoms with Crippen molar-refractivity contribution in [2.45, 2.75) is 39.7 Å². The molecule has 0 radical (unpaired) electrons. The van der Waals surface area contributed by atoms with E-state index in [2.05, 4.69) is 37.4 Å². The molecule has 108 valence electrons. The van der Waals surface area contributed by atoms with Crippen LogP contribution in [0.2, 0.25) is 5.02 Å². The minimum absolute atomic E-state index is 0.0433. The van der Waals surface area contributed by atoms with Crippen molar-refractivity contribution in [2.75, 3.05) is 5.32 Å². The van der Waals surface area contributed by atoms with Gasteiger partial charge in [0.25, 0.3) is 0 Å². The molecule has 1 heterocycles. The summed E-state index contributed by atoms with van der Waals surface area (Å²) in [5, 5.41) is 8.83. The molecule has 0 saturated carbocycles. The summed E-state index contributed by atoms with van der Waals surface area (Å²) >= 11 is 6.15. The van der Waals surface area contributed by atoms with Gasteiger partial charge in [-0.25, -0.2) is 0 Å². The second-order valence-electron chi connectivity index (χ2n) is 6.19. The zero-order valence-corrected chi connectivity index (χ0v) is 13.5. The lowest BCUT2D eigenvalue weighted by atomic mass is 9.89. The Kier molecular flexibility index (Phi) is 4.09. The molecular formula is C16H22ClN3. The number of nitrogens with one attached hydrogen (secondary N) is 1. The van der Waals surface area contributed by atoms with Gasteiger partial charge in [-0.3, -0.25) is 4.68 Å². The predicted octanol–water partition coefficient (Wildman–Crippen LogP) is 4.29. The van der Waals surface area contributed by atoms with Gasteiger partial charge in [-0.2, -0.15) is 5.10 Å². The van der Waals surface area contributed by atoms with Crippen LogP contribution in [0.1, 0.15) is 37.6 Å². The van der Waals surface area contributed by atoms with Crippen molar-refractivity contribution in [3.05, 3.63) is 46.2 Å². The molecule has 20 heavy (non-hydrogen) atoms. The lowest BCUT2D eigenvalue weighted by molar-refractivity contribution is 0.549. The number of rotatable bonds is 3. The highest BCUT2D eigenvalue weighted by Crippen LogP contribution is 2.27. The maximum absolute atomic E-state index is 6.15. The third-order valence-corrected chi connectivity index (χ3v) is 3.76. The monoisotopic (exact) mass is 291 g/mol. The third-order valence-electron chi connectivity index (χ3n) is 3.35. The molecule has 1 N–H and O–H groups in total. The van der Waals surface area contributed by atoms with Crippen LogP contribution < -0.4 is 5.32 Å². The summed E-state index contributed by atoms with van der Waals surface area (Å²) in [4.78, 5) is 0. The smallest absolute Gasteiger partial charge is 0.0727 e. The normalized spacial score (nSPS) is 11.7. The first-order valence-electron chi connectivity index (χ1n) is 6.81. The summed E-state index contributed by atoms with van der Waals surface area (Å²) in [6.45, 7) is 9.33. The molecule has 0 atom stereocenters. The Labute approximate surface area is 126 Å². The molecule has 0 aliphatic carbocycles. The Hall–Kier alpha value is -1.48. The molecule has 0 aliphatic heterocycles. The zero-order valence-electron chi connectivity index (χ0n) is 12.8. The molecule has 0 aliphatic rings. The molecule has 0 saturated heterocycles. The SMILES string of the molecule is Cc1c(Cl)cccc1NCc1cn(C)nc1C(C)(C)C. The van der Waals surface area contributed by atoms with E-state index in [-0.39, 0.29) is 5.41 Å². The highest BCUT2D eigenvalue weighted by Gasteiger charge is 2.21. The van der Waals surface area contributed by atoms with Crippen molar-refractivity contribution in [3.63, 3.8) is 0 Å². The van der Waals surface area contributed by atoms with E-state index in [9.17, 15) is 0 Å². The lowest BCUT2D eigenvalue weighted by Gasteiger charge is -2.18. The number of aryl methyl sites for hydroxylation is 1. The van der Waals surface area contributed by atoms with Crippen molar-refractivity contribution in [1.82, 2.24) is 9.78 Å². The van der Waals surface area contributed by atoms with Gasteiger partial charge in [-0.05, 0) is 24.6 Å². The van der Waals surface area contributed by atoms with Crippen LogP contribution in [0, 0.1) is 6.92 Å². The van der Waals surface area contributed by atoms with E-state index in [1.165, 1.54) is 5.56 Å². The topological polar surface area (TPSA) is 29.9 Å². The van der Waals surface area contributed by atoms with Crippen LogP contribution in [0.25, 0.3) is 0 Å². The first-order valence-corrected chi connectivity index (χ1v) is 7.19. The van der Waals surface area contributed by atoms with Crippen LogP contribution in [-0.4, -0.2) is 9.78 Å². The van der Waals surface area contributed by atoms with Gasteiger partial charge in [-0.1, -0.05) is 38.4 Å². The molecule has 1 aromatic carbocycles. The van der Waals surface area contributed by atoms with Gasteiger partial charge in [0, 0.05) is 41.5 Å². The van der Waals surface area contributed by atoms with Crippen LogP contribution in [0.4, 0.5) is 5.69 Å². The van der Waals surface area contributed by atoms with E-state index < -0.39 is 0 Å². The number of benzene rings is 1. The molecule has 0 unspecified atom stereocenters. The Bertz CT molecular complexity index is 609. The quantitative estimate of drug-likeness (QED) is 0.914. The first kappa shape index (κ1) is 14.9. The maximum Gasteiger partial charge on any atom is 0.0727 e. The van der Waals surface area contributed by atoms with Crippen molar-refractivity contribution >= 4 is 17.3 Å². The number of anilines is 1. The number of nitrogens with zero attached hydrogens (tertiary/aromatic N) is 2. The van der Waals surface area contributed by atoms with Gasteiger partial charge in [0.1, 0.15) is 0 Å². The predicted molar refractivity (Wildman–Crippen MR) is 85.4 cm³/mol.